The van der Waals surface area contributed by atoms with Gasteiger partial charge in [-0.15, -0.1) is 11.8 Å². The van der Waals surface area contributed by atoms with Gasteiger partial charge in [0, 0.05) is 18.9 Å². The van der Waals surface area contributed by atoms with Crippen molar-refractivity contribution < 1.29 is 19.4 Å². The van der Waals surface area contributed by atoms with Crippen LogP contribution in [0, 0.1) is 5.92 Å². The van der Waals surface area contributed by atoms with Crippen LogP contribution in [0.15, 0.2) is 0 Å². The number of ether oxygens (including phenoxy) is 1. The summed E-state index contributed by atoms with van der Waals surface area (Å²) in [7, 11) is 1.64. The predicted molar refractivity (Wildman–Crippen MR) is 77.5 cm³/mol. The highest BCUT2D eigenvalue weighted by atomic mass is 32.2. The van der Waals surface area contributed by atoms with Crippen LogP contribution in [0.5, 0.6) is 0 Å². The van der Waals surface area contributed by atoms with E-state index in [0.717, 1.165) is 18.6 Å². The molecule has 1 amide bonds. The lowest BCUT2D eigenvalue weighted by molar-refractivity contribution is -0.141. The van der Waals surface area contributed by atoms with Crippen LogP contribution in [-0.2, 0) is 14.3 Å². The van der Waals surface area contributed by atoms with Gasteiger partial charge in [-0.2, -0.15) is 0 Å². The fraction of sp³-hybridized carbons (Fsp3) is 0.846. The second-order valence-corrected chi connectivity index (χ2v) is 5.79. The van der Waals surface area contributed by atoms with E-state index in [0.29, 0.717) is 18.8 Å². The summed E-state index contributed by atoms with van der Waals surface area (Å²) in [5.74, 6) is 0.215. The Morgan fingerprint density at radius 3 is 2.58 bits per heavy atom. The molecule has 19 heavy (non-hydrogen) atoms. The fourth-order valence-electron chi connectivity index (χ4n) is 1.55. The Bertz CT molecular complexity index is 273. The smallest absolute Gasteiger partial charge is 0.306 e. The number of carbonyl (C=O) groups is 2. The highest BCUT2D eigenvalue weighted by Gasteiger charge is 2.12. The number of nitrogens with one attached hydrogen (secondary N) is 1. The van der Waals surface area contributed by atoms with Crippen molar-refractivity contribution in [2.75, 3.05) is 25.2 Å². The van der Waals surface area contributed by atoms with Crippen LogP contribution in [-0.4, -0.2) is 48.2 Å². The van der Waals surface area contributed by atoms with Gasteiger partial charge in [0.15, 0.2) is 0 Å². The average molecular weight is 291 g/mol. The van der Waals surface area contributed by atoms with E-state index in [9.17, 15) is 9.59 Å². The van der Waals surface area contributed by atoms with Crippen LogP contribution in [0.2, 0.25) is 0 Å². The lowest BCUT2D eigenvalue weighted by Crippen LogP contribution is -2.34. The van der Waals surface area contributed by atoms with Gasteiger partial charge in [-0.1, -0.05) is 13.3 Å². The summed E-state index contributed by atoms with van der Waals surface area (Å²) < 4.78 is 4.90. The molecule has 0 fully saturated rings. The second kappa shape index (κ2) is 11.1. The first-order chi connectivity index (χ1) is 8.97. The lowest BCUT2D eigenvalue weighted by Gasteiger charge is -2.14. The number of hydrogen-bond acceptors (Lipinski definition) is 4. The van der Waals surface area contributed by atoms with E-state index in [1.165, 1.54) is 0 Å². The molecule has 0 spiro atoms. The van der Waals surface area contributed by atoms with E-state index in [1.54, 1.807) is 25.8 Å². The Hall–Kier alpha value is -0.750. The summed E-state index contributed by atoms with van der Waals surface area (Å²) in [6.45, 7) is 4.31. The van der Waals surface area contributed by atoms with Crippen molar-refractivity contribution in [2.45, 2.75) is 39.2 Å². The number of rotatable bonds is 11. The maximum Gasteiger partial charge on any atom is 0.306 e. The fourth-order valence-corrected chi connectivity index (χ4v) is 2.25. The molecule has 0 saturated heterocycles. The zero-order valence-electron chi connectivity index (χ0n) is 12.0. The average Bonchev–Trinajstić information content (AvgIpc) is 2.34. The minimum Gasteiger partial charge on any atom is -0.481 e. The summed E-state index contributed by atoms with van der Waals surface area (Å²) in [4.78, 5) is 22.2. The van der Waals surface area contributed by atoms with Gasteiger partial charge in [-0.05, 0) is 19.8 Å². The summed E-state index contributed by atoms with van der Waals surface area (Å²) in [6, 6.07) is 0.0940. The predicted octanol–water partition coefficient (Wildman–Crippen LogP) is 1.76. The number of carboxylic acids is 1. The quantitative estimate of drug-likeness (QED) is 0.567. The van der Waals surface area contributed by atoms with E-state index >= 15 is 0 Å². The molecule has 0 bridgehead atoms. The molecule has 0 heterocycles. The normalized spacial score (nSPS) is 13.8. The number of carbonyl (C=O) groups excluding carboxylic acids is 1. The first-order valence-corrected chi connectivity index (χ1v) is 7.71. The van der Waals surface area contributed by atoms with E-state index in [4.69, 9.17) is 9.84 Å². The highest BCUT2D eigenvalue weighted by molar-refractivity contribution is 7.99. The maximum atomic E-state index is 11.6. The molecule has 0 radical (unpaired) electrons. The number of carboxylic acid groups (broad SMARTS) is 1. The van der Waals surface area contributed by atoms with E-state index in [-0.39, 0.29) is 17.9 Å². The third-order valence-corrected chi connectivity index (χ3v) is 3.69. The van der Waals surface area contributed by atoms with E-state index in [1.807, 2.05) is 6.92 Å². The Morgan fingerprint density at radius 1 is 1.32 bits per heavy atom. The molecule has 0 aromatic heterocycles. The molecule has 0 rings (SSSR count). The summed E-state index contributed by atoms with van der Waals surface area (Å²) in [5.41, 5.74) is 0. The van der Waals surface area contributed by atoms with E-state index < -0.39 is 5.97 Å². The van der Waals surface area contributed by atoms with Crippen molar-refractivity contribution in [3.05, 3.63) is 0 Å². The van der Waals surface area contributed by atoms with Gasteiger partial charge >= 0.3 is 5.97 Å². The van der Waals surface area contributed by atoms with Gasteiger partial charge in [-0.25, -0.2) is 0 Å². The molecule has 2 N–H and O–H groups in total. The third kappa shape index (κ3) is 10.8. The largest absolute Gasteiger partial charge is 0.481 e. The molecule has 0 aliphatic heterocycles. The summed E-state index contributed by atoms with van der Waals surface area (Å²) in [5, 5.41) is 11.7. The molecule has 0 saturated carbocycles. The molecule has 2 atom stereocenters. The second-order valence-electron chi connectivity index (χ2n) is 4.68. The van der Waals surface area contributed by atoms with Crippen molar-refractivity contribution in [3.63, 3.8) is 0 Å². The Kier molecular flexibility index (Phi) is 10.7. The van der Waals surface area contributed by atoms with Crippen LogP contribution in [0.25, 0.3) is 0 Å². The van der Waals surface area contributed by atoms with Crippen LogP contribution in [0.4, 0.5) is 0 Å². The SMILES string of the molecule is COCCSCC(=O)NC(C)CCCC(C)C(=O)O. The Morgan fingerprint density at radius 2 is 2.00 bits per heavy atom. The summed E-state index contributed by atoms with van der Waals surface area (Å²) >= 11 is 1.55. The first-order valence-electron chi connectivity index (χ1n) is 6.56. The lowest BCUT2D eigenvalue weighted by atomic mass is 10.0. The molecule has 0 aromatic carbocycles. The van der Waals surface area contributed by atoms with Crippen molar-refractivity contribution in [3.8, 4) is 0 Å². The number of aliphatic carboxylic acids is 1. The third-order valence-electron chi connectivity index (χ3n) is 2.77. The van der Waals surface area contributed by atoms with Gasteiger partial charge in [0.1, 0.15) is 0 Å². The van der Waals surface area contributed by atoms with E-state index in [2.05, 4.69) is 5.32 Å². The molecular formula is C13H25NO4S. The Labute approximate surface area is 119 Å². The monoisotopic (exact) mass is 291 g/mol. The van der Waals surface area contributed by atoms with Crippen molar-refractivity contribution in [1.82, 2.24) is 5.32 Å². The van der Waals surface area contributed by atoms with Crippen LogP contribution >= 0.6 is 11.8 Å². The number of methoxy groups -OCH3 is 1. The highest BCUT2D eigenvalue weighted by Crippen LogP contribution is 2.09. The van der Waals surface area contributed by atoms with Gasteiger partial charge in [-0.3, -0.25) is 9.59 Å². The minimum absolute atomic E-state index is 0.0277. The minimum atomic E-state index is -0.758. The van der Waals surface area contributed by atoms with Gasteiger partial charge in [0.2, 0.25) is 5.91 Å². The van der Waals surface area contributed by atoms with Crippen molar-refractivity contribution in [1.29, 1.82) is 0 Å². The molecule has 5 nitrogen and oxygen atoms in total. The molecule has 112 valence electrons. The molecular weight excluding hydrogens is 266 g/mol. The topological polar surface area (TPSA) is 75.6 Å². The molecule has 0 aliphatic rings. The first kappa shape index (κ1) is 18.2. The zero-order valence-corrected chi connectivity index (χ0v) is 12.8. The Balaban J connectivity index is 3.59. The van der Waals surface area contributed by atoms with Crippen molar-refractivity contribution in [2.24, 2.45) is 5.92 Å². The van der Waals surface area contributed by atoms with Crippen molar-refractivity contribution >= 4 is 23.6 Å². The van der Waals surface area contributed by atoms with Gasteiger partial charge in [0.25, 0.3) is 0 Å². The molecule has 2 unspecified atom stereocenters. The van der Waals surface area contributed by atoms with Crippen LogP contribution < -0.4 is 5.32 Å². The standard InChI is InChI=1S/C13H25NO4S/c1-10(13(16)17)5-4-6-11(2)14-12(15)9-19-8-7-18-3/h10-11H,4-9H2,1-3H3,(H,14,15)(H,16,17). The number of hydrogen-bond donors (Lipinski definition) is 2. The van der Waals surface area contributed by atoms with Crippen LogP contribution in [0.3, 0.4) is 0 Å². The molecule has 0 aromatic rings. The van der Waals surface area contributed by atoms with Gasteiger partial charge in [0.05, 0.1) is 18.3 Å². The number of amides is 1. The zero-order chi connectivity index (χ0) is 14.7. The number of thioether (sulfide) groups is 1. The molecule has 6 heteroatoms. The van der Waals surface area contributed by atoms with Crippen LogP contribution in [0.1, 0.15) is 33.1 Å². The summed E-state index contributed by atoms with van der Waals surface area (Å²) in [6.07, 6.45) is 2.27. The molecule has 0 aliphatic carbocycles. The maximum absolute atomic E-state index is 11.6. The van der Waals surface area contributed by atoms with Gasteiger partial charge < -0.3 is 15.2 Å².